The van der Waals surface area contributed by atoms with Crippen molar-refractivity contribution in [3.63, 3.8) is 0 Å². The second-order valence-electron chi connectivity index (χ2n) is 13.3. The molecule has 276 valence electrons. The zero-order valence-corrected chi connectivity index (χ0v) is 36.3. The Balaban J connectivity index is 0.000000323. The molecule has 0 bridgehead atoms. The first kappa shape index (κ1) is 46.2. The van der Waals surface area contributed by atoms with Crippen LogP contribution in [0.4, 0.5) is 0 Å². The monoisotopic (exact) mass is 731 g/mol. The third-order valence-electron chi connectivity index (χ3n) is 8.85. The fraction of sp³-hybridized carbons (Fsp3) is 0.585. The van der Waals surface area contributed by atoms with Crippen LogP contribution in [0.1, 0.15) is 57.3 Å². The van der Waals surface area contributed by atoms with Crippen molar-refractivity contribution in [1.82, 2.24) is 0 Å². The van der Waals surface area contributed by atoms with Crippen LogP contribution in [-0.2, 0) is 33.2 Å². The number of nitrogens with one attached hydrogen (secondary N) is 1. The number of pyridine rings is 1. The third kappa shape index (κ3) is 16.9. The Hall–Kier alpha value is -0.989. The van der Waals surface area contributed by atoms with Gasteiger partial charge in [-0.3, -0.25) is 0 Å². The number of aromatic nitrogens is 1. The molecule has 3 heterocycles. The van der Waals surface area contributed by atoms with Gasteiger partial charge in [-0.25, -0.2) is 4.98 Å². The summed E-state index contributed by atoms with van der Waals surface area (Å²) in [6.07, 6.45) is 6.82. The predicted octanol–water partition coefficient (Wildman–Crippen LogP) is 1.38. The van der Waals surface area contributed by atoms with Crippen LogP contribution in [0.15, 0.2) is 36.7 Å². The first-order valence-electron chi connectivity index (χ1n) is 18.4. The molecule has 10 heteroatoms. The van der Waals surface area contributed by atoms with E-state index in [1.165, 1.54) is 73.7 Å². The molecule has 2 aliphatic heterocycles. The van der Waals surface area contributed by atoms with Crippen LogP contribution in [0.5, 0.6) is 0 Å². The van der Waals surface area contributed by atoms with Crippen molar-refractivity contribution >= 4 is 23.1 Å². The van der Waals surface area contributed by atoms with Gasteiger partial charge >= 0.3 is 51.4 Å². The summed E-state index contributed by atoms with van der Waals surface area (Å²) in [5.41, 5.74) is 15.1. The summed E-state index contributed by atoms with van der Waals surface area (Å²) in [7, 11) is 0. The quantitative estimate of drug-likeness (QED) is 0.377. The van der Waals surface area contributed by atoms with Crippen molar-refractivity contribution in [2.75, 3.05) is 92.5 Å². The van der Waals surface area contributed by atoms with Gasteiger partial charge in [0.2, 0.25) is 6.71 Å². The summed E-state index contributed by atoms with van der Waals surface area (Å²) in [6, 6.07) is 9.31. The van der Waals surface area contributed by atoms with Gasteiger partial charge < -0.3 is 33.2 Å². The van der Waals surface area contributed by atoms with Crippen LogP contribution in [0.25, 0.3) is 0 Å². The van der Waals surface area contributed by atoms with Gasteiger partial charge in [0.15, 0.2) is 12.4 Å². The second-order valence-corrected chi connectivity index (χ2v) is 13.3. The maximum Gasteiger partial charge on any atom is 1.00 e. The Morgan fingerprint density at radius 1 is 0.373 bits per heavy atom. The van der Waals surface area contributed by atoms with Crippen molar-refractivity contribution in [2.45, 2.75) is 68.2 Å². The van der Waals surface area contributed by atoms with E-state index in [1.807, 2.05) is 0 Å². The third-order valence-corrected chi connectivity index (χ3v) is 8.85. The van der Waals surface area contributed by atoms with Crippen molar-refractivity contribution in [3.05, 3.63) is 81.2 Å². The van der Waals surface area contributed by atoms with Gasteiger partial charge in [0.25, 0.3) is 0 Å². The molecule has 0 aliphatic carbocycles. The molecule has 0 amide bonds. The van der Waals surface area contributed by atoms with E-state index in [2.05, 4.69) is 97.0 Å². The molecule has 0 atom stereocenters. The summed E-state index contributed by atoms with van der Waals surface area (Å²) in [4.78, 5) is 3.30. The normalized spacial score (nSPS) is 16.6. The van der Waals surface area contributed by atoms with Crippen LogP contribution in [0.2, 0.25) is 0 Å². The van der Waals surface area contributed by atoms with Gasteiger partial charge in [0, 0.05) is 24.3 Å². The van der Waals surface area contributed by atoms with Crippen LogP contribution in [-0.4, -0.2) is 99.2 Å². The van der Waals surface area contributed by atoms with Crippen molar-refractivity contribution in [2.24, 2.45) is 0 Å². The van der Waals surface area contributed by atoms with Gasteiger partial charge in [0.05, 0.1) is 79.3 Å². The van der Waals surface area contributed by atoms with E-state index in [9.17, 15) is 0 Å². The van der Waals surface area contributed by atoms with Crippen LogP contribution in [0, 0.1) is 55.4 Å². The minimum atomic E-state index is 0. The van der Waals surface area contributed by atoms with Crippen LogP contribution in [0.3, 0.4) is 0 Å². The molecular weight excluding hydrogens is 668 g/mol. The van der Waals surface area contributed by atoms with Gasteiger partial charge in [0.1, 0.15) is 0 Å². The van der Waals surface area contributed by atoms with Gasteiger partial charge in [-0.1, -0.05) is 74.0 Å². The number of aryl methyl sites for hydroxylation is 8. The number of hydrogen-bond acceptors (Lipinski definition) is 7. The van der Waals surface area contributed by atoms with Crippen LogP contribution >= 0.6 is 0 Å². The molecule has 0 spiro atoms. The maximum absolute atomic E-state index is 5.33. The molecule has 1 aromatic heterocycles. The molecule has 0 radical (unpaired) electrons. The van der Waals surface area contributed by atoms with Crippen molar-refractivity contribution in [3.8, 4) is 0 Å². The second kappa shape index (κ2) is 26.7. The largest absolute Gasteiger partial charge is 1.00 e. The Morgan fingerprint density at radius 3 is 0.843 bits per heavy atom. The van der Waals surface area contributed by atoms with E-state index in [0.717, 1.165) is 13.2 Å². The zero-order valence-electron chi connectivity index (χ0n) is 33.2. The molecular formula is C41H63BKNO7+2. The number of benzene rings is 2. The Kier molecular flexibility index (Phi) is 24.2. The molecule has 3 aromatic rings. The fourth-order valence-electron chi connectivity index (χ4n) is 6.77. The Labute approximate surface area is 351 Å². The van der Waals surface area contributed by atoms with Gasteiger partial charge in [-0.15, -0.1) is 0 Å². The number of hydrogen-bond donors (Lipinski definition) is 0. The molecule has 2 aliphatic rings. The summed E-state index contributed by atoms with van der Waals surface area (Å²) < 4.78 is 36.9. The Bertz CT molecular complexity index is 1210. The van der Waals surface area contributed by atoms with E-state index >= 15 is 0 Å². The van der Waals surface area contributed by atoms with E-state index in [4.69, 9.17) is 33.2 Å². The SMILES string of the molecule is C1CCOC1.C1COCCOCCOCCOCCOCCO1.Cc1cc(C)c(B(c2c(C)c[nH+]cc2C)c2c(C)cc(C)cc2C)c(C)c1.[K+]. The smallest absolute Gasteiger partial charge is 0.381 e. The van der Waals surface area contributed by atoms with Crippen molar-refractivity contribution < 1.29 is 89.5 Å². The van der Waals surface area contributed by atoms with Gasteiger partial charge in [-0.05, 0) is 68.2 Å². The summed E-state index contributed by atoms with van der Waals surface area (Å²) in [6.45, 7) is 27.2. The minimum absolute atomic E-state index is 0. The summed E-state index contributed by atoms with van der Waals surface area (Å²) >= 11 is 0. The number of H-pyrrole nitrogens is 1. The van der Waals surface area contributed by atoms with Crippen molar-refractivity contribution in [1.29, 1.82) is 0 Å². The minimum Gasteiger partial charge on any atom is -0.381 e. The van der Waals surface area contributed by atoms with E-state index in [1.54, 1.807) is 0 Å². The molecule has 1 N–H and O–H groups in total. The zero-order chi connectivity index (χ0) is 36.1. The Morgan fingerprint density at radius 2 is 0.608 bits per heavy atom. The molecule has 51 heavy (non-hydrogen) atoms. The number of rotatable bonds is 3. The maximum atomic E-state index is 5.33. The standard InChI is InChI=1S/C25H30BN.C12H24O6.C4H8O.K/c1-15-9-17(3)23(18(4)10-15)26(25-21(7)13-27-14-22(25)8)24-19(5)11-16(2)12-20(24)6;1-2-14-5-6-16-9-10-18-12-11-17-8-7-15-4-3-13-1;1-2-4-5-3-1;/h9-14H,1-8H3;1-12H2;1-4H2;/q;;;+1/p+1. The molecule has 2 fully saturated rings. The molecule has 2 saturated heterocycles. The molecule has 0 unspecified atom stereocenters. The summed E-state index contributed by atoms with van der Waals surface area (Å²) in [5.74, 6) is 0. The van der Waals surface area contributed by atoms with E-state index in [0.29, 0.717) is 79.3 Å². The number of ether oxygens (including phenoxy) is 7. The average molecular weight is 732 g/mol. The fourth-order valence-corrected chi connectivity index (χ4v) is 6.77. The molecule has 8 nitrogen and oxygen atoms in total. The van der Waals surface area contributed by atoms with E-state index < -0.39 is 0 Å². The first-order valence-corrected chi connectivity index (χ1v) is 18.4. The van der Waals surface area contributed by atoms with Crippen LogP contribution < -0.4 is 72.8 Å². The first-order chi connectivity index (χ1) is 24.2. The topological polar surface area (TPSA) is 78.8 Å². The molecule has 2 aromatic carbocycles. The number of aromatic amines is 1. The molecule has 5 rings (SSSR count). The average Bonchev–Trinajstić information content (AvgIpc) is 3.65. The van der Waals surface area contributed by atoms with E-state index in [-0.39, 0.29) is 58.1 Å². The summed E-state index contributed by atoms with van der Waals surface area (Å²) in [5, 5.41) is 0. The van der Waals surface area contributed by atoms with Gasteiger partial charge in [-0.2, -0.15) is 0 Å². The molecule has 0 saturated carbocycles. The predicted molar refractivity (Wildman–Crippen MR) is 203 cm³/mol.